The Bertz CT molecular complexity index is 1320. The Kier molecular flexibility index (Phi) is 10.3. The predicted octanol–water partition coefficient (Wildman–Crippen LogP) is 6.97. The molecule has 40 heavy (non-hydrogen) atoms. The van der Waals surface area contributed by atoms with Crippen molar-refractivity contribution in [3.05, 3.63) is 81.5 Å². The molecule has 4 N–H and O–H groups in total. The van der Waals surface area contributed by atoms with E-state index in [1.54, 1.807) is 12.1 Å². The fourth-order valence-corrected chi connectivity index (χ4v) is 5.21. The number of thiophene rings is 1. The molecule has 0 aliphatic rings. The van der Waals surface area contributed by atoms with Gasteiger partial charge in [0.05, 0.1) is 17.3 Å². The standard InChI is InChI=1S/C28H30F3N3O4S2/c1-27(2,3)18-6-4-17(5-7-18)16-21(22-12-13-23(39-22)25(37)32-15-14-24(35)36)34-26(38)33-19-8-10-20(11-9-19)40-28(29,30)31/h4-13,21H,14-16H2,1-3H3,(H,32,37)(H,35,36)(H2,33,34,38). The largest absolute Gasteiger partial charge is 0.481 e. The van der Waals surface area contributed by atoms with E-state index < -0.39 is 29.5 Å². The number of urea groups is 1. The lowest BCUT2D eigenvalue weighted by Gasteiger charge is -2.21. The van der Waals surface area contributed by atoms with Crippen molar-refractivity contribution in [2.24, 2.45) is 0 Å². The molecule has 0 fully saturated rings. The minimum Gasteiger partial charge on any atom is -0.481 e. The molecule has 7 nitrogen and oxygen atoms in total. The summed E-state index contributed by atoms with van der Waals surface area (Å²) in [5.41, 5.74) is -2.00. The van der Waals surface area contributed by atoms with E-state index in [9.17, 15) is 27.6 Å². The van der Waals surface area contributed by atoms with E-state index in [-0.39, 0.29) is 35.0 Å². The Labute approximate surface area is 238 Å². The maximum absolute atomic E-state index is 12.9. The number of alkyl halides is 3. The van der Waals surface area contributed by atoms with E-state index in [4.69, 9.17) is 5.11 Å². The summed E-state index contributed by atoms with van der Waals surface area (Å²) in [6.45, 7) is 6.32. The molecule has 12 heteroatoms. The number of carbonyl (C=O) groups excluding carboxylic acids is 2. The maximum Gasteiger partial charge on any atom is 0.446 e. The Morgan fingerprint density at radius 3 is 2.17 bits per heavy atom. The first kappa shape index (κ1) is 31.0. The summed E-state index contributed by atoms with van der Waals surface area (Å²) in [5, 5.41) is 16.9. The number of amides is 3. The molecule has 0 aliphatic heterocycles. The van der Waals surface area contributed by atoms with Crippen LogP contribution >= 0.6 is 23.1 Å². The first-order chi connectivity index (χ1) is 18.7. The molecule has 1 heterocycles. The number of nitrogens with one attached hydrogen (secondary N) is 3. The first-order valence-electron chi connectivity index (χ1n) is 12.3. The Morgan fingerprint density at radius 2 is 1.60 bits per heavy atom. The van der Waals surface area contributed by atoms with Crippen LogP contribution in [0.15, 0.2) is 65.6 Å². The molecule has 2 aromatic carbocycles. The smallest absolute Gasteiger partial charge is 0.446 e. The van der Waals surface area contributed by atoms with Crippen molar-refractivity contribution in [2.45, 2.75) is 55.5 Å². The van der Waals surface area contributed by atoms with Gasteiger partial charge in [-0.1, -0.05) is 45.0 Å². The molecule has 0 spiro atoms. The monoisotopic (exact) mass is 593 g/mol. The van der Waals surface area contributed by atoms with E-state index in [0.29, 0.717) is 21.9 Å². The lowest BCUT2D eigenvalue weighted by Crippen LogP contribution is -2.33. The summed E-state index contributed by atoms with van der Waals surface area (Å²) in [4.78, 5) is 37.2. The molecular weight excluding hydrogens is 563 g/mol. The van der Waals surface area contributed by atoms with Gasteiger partial charge in [0.25, 0.3) is 5.91 Å². The highest BCUT2D eigenvalue weighted by Gasteiger charge is 2.29. The van der Waals surface area contributed by atoms with Gasteiger partial charge in [0.1, 0.15) is 0 Å². The third-order valence-electron chi connectivity index (χ3n) is 5.73. The van der Waals surface area contributed by atoms with Gasteiger partial charge in [-0.05, 0) is 71.1 Å². The lowest BCUT2D eigenvalue weighted by atomic mass is 9.86. The minimum atomic E-state index is -4.41. The van der Waals surface area contributed by atoms with Crippen molar-refractivity contribution in [2.75, 3.05) is 11.9 Å². The van der Waals surface area contributed by atoms with E-state index in [2.05, 4.69) is 36.7 Å². The zero-order valence-corrected chi connectivity index (χ0v) is 23.7. The van der Waals surface area contributed by atoms with Crippen LogP contribution < -0.4 is 16.0 Å². The molecule has 3 rings (SSSR count). The Morgan fingerprint density at radius 1 is 0.950 bits per heavy atom. The van der Waals surface area contributed by atoms with Crippen LogP contribution in [0.3, 0.4) is 0 Å². The number of thioether (sulfide) groups is 1. The van der Waals surface area contributed by atoms with Crippen molar-refractivity contribution in [3.63, 3.8) is 0 Å². The van der Waals surface area contributed by atoms with Crippen LogP contribution in [0, 0.1) is 0 Å². The molecule has 0 saturated heterocycles. The molecule has 214 valence electrons. The van der Waals surface area contributed by atoms with Crippen LogP contribution in [0.5, 0.6) is 0 Å². The zero-order valence-electron chi connectivity index (χ0n) is 22.1. The number of carboxylic acid groups (broad SMARTS) is 1. The molecule has 1 aromatic heterocycles. The molecule has 3 amide bonds. The molecule has 0 saturated carbocycles. The molecule has 0 aliphatic carbocycles. The van der Waals surface area contributed by atoms with Gasteiger partial charge < -0.3 is 21.1 Å². The fourth-order valence-electron chi connectivity index (χ4n) is 3.70. The van der Waals surface area contributed by atoms with E-state index in [1.807, 2.05) is 24.3 Å². The molecular formula is C28H30F3N3O4S2. The number of carboxylic acids is 1. The SMILES string of the molecule is CC(C)(C)c1ccc(CC(NC(=O)Nc2ccc(SC(F)(F)F)cc2)c2ccc(C(=O)NCCC(=O)O)s2)cc1. The minimum absolute atomic E-state index is 0.00258. The summed E-state index contributed by atoms with van der Waals surface area (Å²) in [7, 11) is 0. The average Bonchev–Trinajstić information content (AvgIpc) is 3.34. The van der Waals surface area contributed by atoms with Gasteiger partial charge in [0.15, 0.2) is 0 Å². The van der Waals surface area contributed by atoms with Crippen LogP contribution in [0.2, 0.25) is 0 Å². The number of carbonyl (C=O) groups is 3. The molecule has 1 atom stereocenters. The summed E-state index contributed by atoms with van der Waals surface area (Å²) in [6, 6.07) is 15.6. The van der Waals surface area contributed by atoms with Gasteiger partial charge >= 0.3 is 17.5 Å². The second-order valence-corrected chi connectivity index (χ2v) is 12.2. The van der Waals surface area contributed by atoms with Crippen LogP contribution in [0.4, 0.5) is 23.7 Å². The molecule has 0 bridgehead atoms. The highest BCUT2D eigenvalue weighted by atomic mass is 32.2. The molecule has 3 aromatic rings. The number of hydrogen-bond acceptors (Lipinski definition) is 5. The van der Waals surface area contributed by atoms with Gasteiger partial charge in [0.2, 0.25) is 0 Å². The topological polar surface area (TPSA) is 108 Å². The van der Waals surface area contributed by atoms with Crippen LogP contribution in [0.1, 0.15) is 58.9 Å². The van der Waals surface area contributed by atoms with Crippen molar-refractivity contribution in [3.8, 4) is 0 Å². The third-order valence-corrected chi connectivity index (χ3v) is 7.67. The summed E-state index contributed by atoms with van der Waals surface area (Å²) in [5.74, 6) is -1.43. The van der Waals surface area contributed by atoms with Crippen LogP contribution in [-0.2, 0) is 16.6 Å². The van der Waals surface area contributed by atoms with Gasteiger partial charge in [-0.15, -0.1) is 11.3 Å². The quantitative estimate of drug-likeness (QED) is 0.190. The van der Waals surface area contributed by atoms with Gasteiger partial charge in [0, 0.05) is 22.0 Å². The second-order valence-electron chi connectivity index (χ2n) is 9.98. The Balaban J connectivity index is 1.75. The third kappa shape index (κ3) is 9.91. The van der Waals surface area contributed by atoms with Gasteiger partial charge in [-0.2, -0.15) is 13.2 Å². The van der Waals surface area contributed by atoms with Crippen molar-refractivity contribution < 1.29 is 32.7 Å². The molecule has 1 unspecified atom stereocenters. The number of hydrogen-bond donors (Lipinski definition) is 4. The number of benzene rings is 2. The number of aliphatic carboxylic acids is 1. The number of rotatable bonds is 10. The normalized spacial score (nSPS) is 12.4. The van der Waals surface area contributed by atoms with E-state index in [0.717, 1.165) is 11.1 Å². The maximum atomic E-state index is 12.9. The first-order valence-corrected chi connectivity index (χ1v) is 14.0. The van der Waals surface area contributed by atoms with Crippen LogP contribution in [0.25, 0.3) is 0 Å². The number of anilines is 1. The van der Waals surface area contributed by atoms with Crippen molar-refractivity contribution in [1.29, 1.82) is 0 Å². The predicted molar refractivity (Wildman–Crippen MR) is 151 cm³/mol. The van der Waals surface area contributed by atoms with Crippen LogP contribution in [-0.4, -0.2) is 35.1 Å². The van der Waals surface area contributed by atoms with Crippen molar-refractivity contribution >= 4 is 46.7 Å². The zero-order chi connectivity index (χ0) is 29.5. The number of halogens is 3. The van der Waals surface area contributed by atoms with E-state index >= 15 is 0 Å². The summed E-state index contributed by atoms with van der Waals surface area (Å²) in [6.07, 6.45) is 0.217. The lowest BCUT2D eigenvalue weighted by molar-refractivity contribution is -0.136. The molecule has 0 radical (unpaired) electrons. The highest BCUT2D eigenvalue weighted by Crippen LogP contribution is 2.37. The average molecular weight is 594 g/mol. The fraction of sp³-hybridized carbons (Fsp3) is 0.321. The highest BCUT2D eigenvalue weighted by molar-refractivity contribution is 8.00. The van der Waals surface area contributed by atoms with E-state index in [1.165, 1.54) is 35.6 Å². The Hall–Kier alpha value is -3.51. The van der Waals surface area contributed by atoms with Gasteiger partial charge in [-0.25, -0.2) is 4.79 Å². The second kappa shape index (κ2) is 13.2. The summed E-state index contributed by atoms with van der Waals surface area (Å²) >= 11 is 0.941. The summed E-state index contributed by atoms with van der Waals surface area (Å²) < 4.78 is 37.8. The van der Waals surface area contributed by atoms with Gasteiger partial charge in [-0.3, -0.25) is 9.59 Å². The van der Waals surface area contributed by atoms with Crippen molar-refractivity contribution in [1.82, 2.24) is 10.6 Å².